The maximum atomic E-state index is 6.36. The summed E-state index contributed by atoms with van der Waals surface area (Å²) in [6, 6.07) is 6.13. The van der Waals surface area contributed by atoms with E-state index in [0.717, 1.165) is 31.4 Å². The molecule has 1 aromatic carbocycles. The van der Waals surface area contributed by atoms with Crippen LogP contribution in [0.4, 0.5) is 0 Å². The number of benzene rings is 1. The Bertz CT molecular complexity index is 458. The van der Waals surface area contributed by atoms with E-state index in [1.165, 1.54) is 19.3 Å². The zero-order chi connectivity index (χ0) is 15.3. The van der Waals surface area contributed by atoms with Crippen LogP contribution in [0.1, 0.15) is 44.6 Å². The van der Waals surface area contributed by atoms with Gasteiger partial charge in [-0.15, -0.1) is 0 Å². The SMILES string of the molecule is CCNC(Cc1cccc(Cl)c1Cl)C1(OC)CCCCC1. The minimum atomic E-state index is -0.0834. The number of methoxy groups -OCH3 is 1. The monoisotopic (exact) mass is 329 g/mol. The summed E-state index contributed by atoms with van der Waals surface area (Å²) in [6.45, 7) is 3.06. The van der Waals surface area contributed by atoms with Gasteiger partial charge < -0.3 is 10.1 Å². The lowest BCUT2D eigenvalue weighted by atomic mass is 9.77. The molecular formula is C17H25Cl2NO. The summed E-state index contributed by atoms with van der Waals surface area (Å²) >= 11 is 12.5. The highest BCUT2D eigenvalue weighted by Gasteiger charge is 2.39. The summed E-state index contributed by atoms with van der Waals surface area (Å²) in [7, 11) is 1.84. The molecule has 0 spiro atoms. The minimum absolute atomic E-state index is 0.0834. The Labute approximate surface area is 138 Å². The van der Waals surface area contributed by atoms with Crippen LogP contribution >= 0.6 is 23.2 Å². The standard InChI is InChI=1S/C17H25Cl2NO/c1-3-20-15(17(21-2)10-5-4-6-11-17)12-13-8-7-9-14(18)16(13)19/h7-9,15,20H,3-6,10-12H2,1-2H3. The van der Waals surface area contributed by atoms with E-state index in [2.05, 4.69) is 18.3 Å². The second-order valence-electron chi connectivity index (χ2n) is 5.86. The number of hydrogen-bond donors (Lipinski definition) is 1. The van der Waals surface area contributed by atoms with Gasteiger partial charge in [-0.2, -0.15) is 0 Å². The van der Waals surface area contributed by atoms with Crippen molar-refractivity contribution < 1.29 is 4.74 Å². The van der Waals surface area contributed by atoms with Gasteiger partial charge in [-0.05, 0) is 37.4 Å². The summed E-state index contributed by atoms with van der Waals surface area (Å²) in [4.78, 5) is 0. The molecule has 2 nitrogen and oxygen atoms in total. The fourth-order valence-corrected chi connectivity index (χ4v) is 3.86. The van der Waals surface area contributed by atoms with Gasteiger partial charge in [0.1, 0.15) is 0 Å². The highest BCUT2D eigenvalue weighted by Crippen LogP contribution is 2.36. The van der Waals surface area contributed by atoms with E-state index in [1.54, 1.807) is 0 Å². The van der Waals surface area contributed by atoms with Crippen LogP contribution in [0.5, 0.6) is 0 Å². The Morgan fingerprint density at radius 3 is 2.57 bits per heavy atom. The molecule has 21 heavy (non-hydrogen) atoms. The molecule has 1 N–H and O–H groups in total. The Balaban J connectivity index is 2.23. The first-order valence-electron chi connectivity index (χ1n) is 7.84. The zero-order valence-corrected chi connectivity index (χ0v) is 14.4. The molecule has 1 aliphatic rings. The Morgan fingerprint density at radius 2 is 1.95 bits per heavy atom. The molecule has 1 aromatic rings. The molecule has 1 atom stereocenters. The van der Waals surface area contributed by atoms with Crippen molar-refractivity contribution in [2.45, 2.75) is 57.1 Å². The van der Waals surface area contributed by atoms with Crippen molar-refractivity contribution >= 4 is 23.2 Å². The number of halogens is 2. The van der Waals surface area contributed by atoms with Crippen LogP contribution in [-0.4, -0.2) is 25.3 Å². The molecule has 1 fully saturated rings. The molecule has 1 aliphatic carbocycles. The third-order valence-electron chi connectivity index (χ3n) is 4.65. The molecule has 4 heteroatoms. The van der Waals surface area contributed by atoms with Gasteiger partial charge in [0, 0.05) is 13.2 Å². The minimum Gasteiger partial charge on any atom is -0.377 e. The van der Waals surface area contributed by atoms with Gasteiger partial charge in [0.05, 0.1) is 15.6 Å². The molecule has 0 aromatic heterocycles. The number of hydrogen-bond acceptors (Lipinski definition) is 2. The van der Waals surface area contributed by atoms with Crippen LogP contribution in [0.2, 0.25) is 10.0 Å². The van der Waals surface area contributed by atoms with Crippen molar-refractivity contribution in [1.29, 1.82) is 0 Å². The Morgan fingerprint density at radius 1 is 1.24 bits per heavy atom. The molecule has 2 rings (SSSR count). The van der Waals surface area contributed by atoms with E-state index in [1.807, 2.05) is 19.2 Å². The van der Waals surface area contributed by atoms with Crippen molar-refractivity contribution in [2.24, 2.45) is 0 Å². The van der Waals surface area contributed by atoms with Crippen molar-refractivity contribution in [1.82, 2.24) is 5.32 Å². The predicted octanol–water partition coefficient (Wildman–Crippen LogP) is 4.86. The number of ether oxygens (including phenoxy) is 1. The lowest BCUT2D eigenvalue weighted by Crippen LogP contribution is -2.54. The largest absolute Gasteiger partial charge is 0.377 e. The van der Waals surface area contributed by atoms with Crippen LogP contribution in [0.25, 0.3) is 0 Å². The molecule has 1 saturated carbocycles. The average molecular weight is 330 g/mol. The highest BCUT2D eigenvalue weighted by atomic mass is 35.5. The van der Waals surface area contributed by atoms with Crippen LogP contribution in [0, 0.1) is 0 Å². The molecule has 0 saturated heterocycles. The Hall–Kier alpha value is -0.280. The summed E-state index contributed by atoms with van der Waals surface area (Å²) in [5, 5.41) is 4.91. The van der Waals surface area contributed by atoms with Gasteiger partial charge in [-0.3, -0.25) is 0 Å². The quantitative estimate of drug-likeness (QED) is 0.804. The van der Waals surface area contributed by atoms with Gasteiger partial charge >= 0.3 is 0 Å². The maximum absolute atomic E-state index is 6.36. The molecule has 0 aliphatic heterocycles. The first kappa shape index (κ1) is 17.1. The second-order valence-corrected chi connectivity index (χ2v) is 6.64. The molecule has 0 bridgehead atoms. The molecular weight excluding hydrogens is 305 g/mol. The first-order valence-corrected chi connectivity index (χ1v) is 8.60. The summed E-state index contributed by atoms with van der Waals surface area (Å²) < 4.78 is 6.00. The van der Waals surface area contributed by atoms with Gasteiger partial charge in [0.2, 0.25) is 0 Å². The van der Waals surface area contributed by atoms with Crippen LogP contribution in [-0.2, 0) is 11.2 Å². The lowest BCUT2D eigenvalue weighted by Gasteiger charge is -2.43. The molecule has 0 amide bonds. The van der Waals surface area contributed by atoms with Gasteiger partial charge in [0.15, 0.2) is 0 Å². The van der Waals surface area contributed by atoms with E-state index in [9.17, 15) is 0 Å². The molecule has 118 valence electrons. The van der Waals surface area contributed by atoms with Crippen molar-refractivity contribution in [2.75, 3.05) is 13.7 Å². The summed E-state index contributed by atoms with van der Waals surface area (Å²) in [6.07, 6.45) is 6.85. The number of nitrogens with one attached hydrogen (secondary N) is 1. The van der Waals surface area contributed by atoms with Crippen LogP contribution in [0.3, 0.4) is 0 Å². The van der Waals surface area contributed by atoms with Crippen molar-refractivity contribution in [3.05, 3.63) is 33.8 Å². The van der Waals surface area contributed by atoms with E-state index < -0.39 is 0 Å². The molecule has 1 unspecified atom stereocenters. The van der Waals surface area contributed by atoms with E-state index in [0.29, 0.717) is 10.0 Å². The van der Waals surface area contributed by atoms with Gasteiger partial charge in [-0.1, -0.05) is 61.5 Å². The smallest absolute Gasteiger partial charge is 0.0834 e. The molecule has 0 radical (unpaired) electrons. The normalized spacial score (nSPS) is 19.4. The number of rotatable bonds is 6. The van der Waals surface area contributed by atoms with E-state index >= 15 is 0 Å². The van der Waals surface area contributed by atoms with E-state index in [-0.39, 0.29) is 11.6 Å². The third kappa shape index (κ3) is 3.92. The topological polar surface area (TPSA) is 21.3 Å². The highest BCUT2D eigenvalue weighted by molar-refractivity contribution is 6.42. The van der Waals surface area contributed by atoms with Gasteiger partial charge in [0.25, 0.3) is 0 Å². The zero-order valence-electron chi connectivity index (χ0n) is 12.9. The molecule has 0 heterocycles. The van der Waals surface area contributed by atoms with Crippen molar-refractivity contribution in [3.63, 3.8) is 0 Å². The second kappa shape index (κ2) is 7.82. The third-order valence-corrected chi connectivity index (χ3v) is 5.51. The first-order chi connectivity index (χ1) is 10.1. The predicted molar refractivity (Wildman–Crippen MR) is 90.5 cm³/mol. The van der Waals surface area contributed by atoms with Crippen LogP contribution < -0.4 is 5.32 Å². The lowest BCUT2D eigenvalue weighted by molar-refractivity contribution is -0.0669. The summed E-state index contributed by atoms with van der Waals surface area (Å²) in [5.41, 5.74) is 1.01. The van der Waals surface area contributed by atoms with Crippen molar-refractivity contribution in [3.8, 4) is 0 Å². The average Bonchev–Trinajstić information content (AvgIpc) is 2.52. The maximum Gasteiger partial charge on any atom is 0.0834 e. The fourth-order valence-electron chi connectivity index (χ4n) is 3.46. The van der Waals surface area contributed by atoms with E-state index in [4.69, 9.17) is 27.9 Å². The van der Waals surface area contributed by atoms with Gasteiger partial charge in [-0.25, -0.2) is 0 Å². The number of likely N-dealkylation sites (N-methyl/N-ethyl adjacent to an activating group) is 1. The summed E-state index contributed by atoms with van der Waals surface area (Å²) in [5.74, 6) is 0. The fraction of sp³-hybridized carbons (Fsp3) is 0.647. The Kier molecular flexibility index (Phi) is 6.36. The van der Waals surface area contributed by atoms with Crippen LogP contribution in [0.15, 0.2) is 18.2 Å².